The van der Waals surface area contributed by atoms with E-state index in [0.717, 1.165) is 21.5 Å². The van der Waals surface area contributed by atoms with Crippen molar-refractivity contribution in [2.45, 2.75) is 6.92 Å². The summed E-state index contributed by atoms with van der Waals surface area (Å²) in [6.07, 6.45) is 0. The Balaban J connectivity index is 2.03. The van der Waals surface area contributed by atoms with Gasteiger partial charge in [0.2, 0.25) is 4.67 Å². The molecule has 0 aliphatic rings. The normalized spacial score (nSPS) is 11.8. The quantitative estimate of drug-likeness (QED) is 0.711. The molecule has 0 radical (unpaired) electrons. The predicted octanol–water partition coefficient (Wildman–Crippen LogP) is 2.83. The van der Waals surface area contributed by atoms with Gasteiger partial charge in [0.1, 0.15) is 0 Å². The van der Waals surface area contributed by atoms with Crippen molar-refractivity contribution in [1.29, 1.82) is 0 Å². The van der Waals surface area contributed by atoms with Crippen molar-refractivity contribution in [1.82, 2.24) is 4.98 Å². The maximum atomic E-state index is 11.9. The molecular formula is C15H13N3OS. The van der Waals surface area contributed by atoms with Crippen LogP contribution in [0.4, 0.5) is 5.69 Å². The molecular weight excluding hydrogens is 270 g/mol. The SMILES string of the molecule is Cc1cccc(N/N=c2\sc3ccccc3[nH]c2=O)c1. The monoisotopic (exact) mass is 283 g/mol. The summed E-state index contributed by atoms with van der Waals surface area (Å²) >= 11 is 1.36. The van der Waals surface area contributed by atoms with Crippen LogP contribution in [0.3, 0.4) is 0 Å². The molecule has 1 heterocycles. The van der Waals surface area contributed by atoms with Gasteiger partial charge in [-0.25, -0.2) is 0 Å². The number of benzene rings is 2. The van der Waals surface area contributed by atoms with E-state index in [1.165, 1.54) is 11.3 Å². The number of para-hydroxylation sites is 1. The highest BCUT2D eigenvalue weighted by atomic mass is 32.1. The Morgan fingerprint density at radius 1 is 1.15 bits per heavy atom. The first-order chi connectivity index (χ1) is 9.72. The highest BCUT2D eigenvalue weighted by Gasteiger charge is 1.98. The fourth-order valence-corrected chi connectivity index (χ4v) is 2.71. The summed E-state index contributed by atoms with van der Waals surface area (Å²) in [4.78, 5) is 14.8. The van der Waals surface area contributed by atoms with Crippen LogP contribution in [0.15, 0.2) is 58.4 Å². The van der Waals surface area contributed by atoms with Crippen LogP contribution in [-0.2, 0) is 0 Å². The summed E-state index contributed by atoms with van der Waals surface area (Å²) in [6.45, 7) is 2.01. The molecule has 100 valence electrons. The molecule has 4 nitrogen and oxygen atoms in total. The molecule has 5 heteroatoms. The van der Waals surface area contributed by atoms with Gasteiger partial charge in [-0.05, 0) is 36.8 Å². The number of nitrogens with one attached hydrogen (secondary N) is 2. The number of H-pyrrole nitrogens is 1. The van der Waals surface area contributed by atoms with E-state index in [9.17, 15) is 4.79 Å². The molecule has 0 aliphatic heterocycles. The van der Waals surface area contributed by atoms with E-state index in [1.54, 1.807) is 0 Å². The second-order valence-electron chi connectivity index (χ2n) is 4.45. The second-order valence-corrected chi connectivity index (χ2v) is 5.48. The third-order valence-corrected chi connectivity index (χ3v) is 3.89. The van der Waals surface area contributed by atoms with E-state index < -0.39 is 0 Å². The van der Waals surface area contributed by atoms with Gasteiger partial charge < -0.3 is 4.98 Å². The molecule has 3 rings (SSSR count). The zero-order valence-corrected chi connectivity index (χ0v) is 11.7. The summed E-state index contributed by atoms with van der Waals surface area (Å²) in [7, 11) is 0. The minimum Gasteiger partial charge on any atom is -0.319 e. The van der Waals surface area contributed by atoms with E-state index in [4.69, 9.17) is 0 Å². The van der Waals surface area contributed by atoms with Crippen LogP contribution >= 0.6 is 11.3 Å². The molecule has 0 aliphatic carbocycles. The van der Waals surface area contributed by atoms with Gasteiger partial charge in [-0.15, -0.1) is 11.3 Å². The Bertz CT molecular complexity index is 880. The van der Waals surface area contributed by atoms with Crippen molar-refractivity contribution in [2.75, 3.05) is 5.43 Å². The second kappa shape index (κ2) is 5.30. The lowest BCUT2D eigenvalue weighted by molar-refractivity contribution is 1.18. The number of aryl methyl sites for hydroxylation is 1. The minimum atomic E-state index is -0.186. The largest absolute Gasteiger partial charge is 0.319 e. The fraction of sp³-hybridized carbons (Fsp3) is 0.0667. The third-order valence-electron chi connectivity index (χ3n) is 2.84. The van der Waals surface area contributed by atoms with Crippen LogP contribution in [0.25, 0.3) is 10.2 Å². The van der Waals surface area contributed by atoms with Crippen molar-refractivity contribution < 1.29 is 0 Å². The van der Waals surface area contributed by atoms with Crippen LogP contribution in [0, 0.1) is 6.92 Å². The molecule has 0 amide bonds. The summed E-state index contributed by atoms with van der Waals surface area (Å²) in [5.41, 5.74) is 5.57. The van der Waals surface area contributed by atoms with Gasteiger partial charge in [0.05, 0.1) is 15.9 Å². The van der Waals surface area contributed by atoms with Gasteiger partial charge in [0, 0.05) is 0 Å². The highest BCUT2D eigenvalue weighted by molar-refractivity contribution is 7.16. The number of nitrogens with zero attached hydrogens (tertiary/aromatic N) is 1. The van der Waals surface area contributed by atoms with Crippen molar-refractivity contribution in [3.63, 3.8) is 0 Å². The van der Waals surface area contributed by atoms with E-state index in [0.29, 0.717) is 4.67 Å². The summed E-state index contributed by atoms with van der Waals surface area (Å²) in [5, 5.41) is 4.19. The number of aromatic nitrogens is 1. The molecule has 2 aromatic carbocycles. The highest BCUT2D eigenvalue weighted by Crippen LogP contribution is 2.11. The van der Waals surface area contributed by atoms with E-state index in [2.05, 4.69) is 15.5 Å². The maximum Gasteiger partial charge on any atom is 0.286 e. The molecule has 0 saturated heterocycles. The number of rotatable bonds is 2. The Morgan fingerprint density at radius 2 is 2.00 bits per heavy atom. The summed E-state index contributed by atoms with van der Waals surface area (Å²) in [6, 6.07) is 15.5. The van der Waals surface area contributed by atoms with Crippen LogP contribution in [0.5, 0.6) is 0 Å². The van der Waals surface area contributed by atoms with Crippen molar-refractivity contribution in [3.05, 3.63) is 69.1 Å². The number of fused-ring (bicyclic) bond motifs is 1. The molecule has 0 unspecified atom stereocenters. The fourth-order valence-electron chi connectivity index (χ4n) is 1.89. The van der Waals surface area contributed by atoms with E-state index in [-0.39, 0.29) is 5.56 Å². The minimum absolute atomic E-state index is 0.186. The zero-order valence-electron chi connectivity index (χ0n) is 10.9. The zero-order chi connectivity index (χ0) is 13.9. The van der Waals surface area contributed by atoms with Crippen LogP contribution in [0.1, 0.15) is 5.56 Å². The molecule has 3 aromatic rings. The Labute approximate surface area is 119 Å². The standard InChI is InChI=1S/C15H13N3OS/c1-10-5-4-6-11(9-10)17-18-15-14(19)16-12-7-2-3-8-13(12)20-15/h2-9,17H,1H3,(H,16,19)/b18-15-. The van der Waals surface area contributed by atoms with Gasteiger partial charge in [-0.3, -0.25) is 10.2 Å². The number of hydrogen-bond donors (Lipinski definition) is 2. The first kappa shape index (κ1) is 12.6. The molecule has 0 fully saturated rings. The smallest absolute Gasteiger partial charge is 0.286 e. The third kappa shape index (κ3) is 2.62. The first-order valence-corrected chi connectivity index (χ1v) is 7.02. The lowest BCUT2D eigenvalue weighted by Gasteiger charge is -2.00. The number of anilines is 1. The lowest BCUT2D eigenvalue weighted by Crippen LogP contribution is -2.25. The number of hydrogen-bond acceptors (Lipinski definition) is 4. The molecule has 1 aromatic heterocycles. The number of aromatic amines is 1. The maximum absolute atomic E-state index is 11.9. The Kier molecular flexibility index (Phi) is 3.35. The van der Waals surface area contributed by atoms with E-state index >= 15 is 0 Å². The topological polar surface area (TPSA) is 57.2 Å². The average Bonchev–Trinajstić information content (AvgIpc) is 2.45. The Hall–Kier alpha value is -2.40. The summed E-state index contributed by atoms with van der Waals surface area (Å²) < 4.78 is 1.40. The van der Waals surface area contributed by atoms with Gasteiger partial charge in [0.25, 0.3) is 5.56 Å². The van der Waals surface area contributed by atoms with Gasteiger partial charge in [0.15, 0.2) is 0 Å². The molecule has 0 bridgehead atoms. The lowest BCUT2D eigenvalue weighted by atomic mass is 10.2. The van der Waals surface area contributed by atoms with Gasteiger partial charge in [-0.1, -0.05) is 24.3 Å². The summed E-state index contributed by atoms with van der Waals surface area (Å²) in [5.74, 6) is 0. The van der Waals surface area contributed by atoms with Crippen LogP contribution in [-0.4, -0.2) is 4.98 Å². The Morgan fingerprint density at radius 3 is 2.85 bits per heavy atom. The molecule has 2 N–H and O–H groups in total. The van der Waals surface area contributed by atoms with Crippen molar-refractivity contribution >= 4 is 27.2 Å². The van der Waals surface area contributed by atoms with Crippen LogP contribution < -0.4 is 15.7 Å². The van der Waals surface area contributed by atoms with Crippen molar-refractivity contribution in [2.24, 2.45) is 5.10 Å². The molecule has 20 heavy (non-hydrogen) atoms. The van der Waals surface area contributed by atoms with Crippen LogP contribution in [0.2, 0.25) is 0 Å². The van der Waals surface area contributed by atoms with E-state index in [1.807, 2.05) is 55.5 Å². The van der Waals surface area contributed by atoms with Gasteiger partial charge >= 0.3 is 0 Å². The molecule has 0 atom stereocenters. The van der Waals surface area contributed by atoms with Crippen molar-refractivity contribution in [3.8, 4) is 0 Å². The predicted molar refractivity (Wildman–Crippen MR) is 82.8 cm³/mol. The first-order valence-electron chi connectivity index (χ1n) is 6.21. The average molecular weight is 283 g/mol. The molecule has 0 saturated carbocycles. The molecule has 0 spiro atoms. The van der Waals surface area contributed by atoms with Gasteiger partial charge in [-0.2, -0.15) is 5.10 Å².